The minimum absolute atomic E-state index is 0.0552. The second kappa shape index (κ2) is 8.91. The number of carbonyl (C=O) groups is 2. The van der Waals surface area contributed by atoms with Crippen LogP contribution in [0, 0.1) is 10.1 Å². The first-order valence-corrected chi connectivity index (χ1v) is 9.14. The molecule has 150 valence electrons. The van der Waals surface area contributed by atoms with Gasteiger partial charge in [-0.1, -0.05) is 6.07 Å². The highest BCUT2D eigenvalue weighted by molar-refractivity contribution is 6.34. The lowest BCUT2D eigenvalue weighted by molar-refractivity contribution is -0.384. The molecular weight excluding hydrogens is 366 g/mol. The molecule has 0 aliphatic carbocycles. The zero-order valence-electron chi connectivity index (χ0n) is 15.4. The highest BCUT2D eigenvalue weighted by atomic mass is 16.6. The number of rotatable bonds is 7. The summed E-state index contributed by atoms with van der Waals surface area (Å²) in [6, 6.07) is 4.14. The van der Waals surface area contributed by atoms with Gasteiger partial charge in [-0.2, -0.15) is 0 Å². The number of benzene rings is 1. The average Bonchev–Trinajstić information content (AvgIpc) is 2.68. The van der Waals surface area contributed by atoms with Crippen LogP contribution in [-0.4, -0.2) is 83.9 Å². The average molecular weight is 389 g/mol. The Labute approximate surface area is 161 Å². The van der Waals surface area contributed by atoms with E-state index in [2.05, 4.69) is 20.4 Å². The van der Waals surface area contributed by atoms with Crippen molar-refractivity contribution in [1.82, 2.24) is 15.1 Å². The van der Waals surface area contributed by atoms with Gasteiger partial charge < -0.3 is 15.7 Å². The van der Waals surface area contributed by atoms with E-state index in [0.717, 1.165) is 32.7 Å². The van der Waals surface area contributed by atoms with E-state index >= 15 is 0 Å². The first kappa shape index (κ1) is 19.9. The predicted molar refractivity (Wildman–Crippen MR) is 102 cm³/mol. The highest BCUT2D eigenvalue weighted by Crippen LogP contribution is 2.33. The number of nitrogens with zero attached hydrogens (tertiary/aromatic N) is 3. The fraction of sp³-hybridized carbons (Fsp3) is 0.444. The summed E-state index contributed by atoms with van der Waals surface area (Å²) in [5, 5.41) is 25.5. The van der Waals surface area contributed by atoms with Crippen molar-refractivity contribution >= 4 is 23.1 Å². The number of fused-ring (bicyclic) bond motifs is 1. The van der Waals surface area contributed by atoms with Crippen LogP contribution in [0.3, 0.4) is 0 Å². The number of aliphatic hydroxyl groups excluding tert-OH is 1. The van der Waals surface area contributed by atoms with Crippen LogP contribution < -0.4 is 10.6 Å². The molecule has 3 N–H and O–H groups in total. The lowest BCUT2D eigenvalue weighted by Gasteiger charge is -2.34. The SMILES string of the molecule is O=C1Nc2c(cccc2[N+](=O)[O-])C(=O)/C1=C\NCCN1CCN(CCO)CC1. The number of nitrogens with one attached hydrogen (secondary N) is 2. The molecular formula is C18H23N5O5. The molecule has 28 heavy (non-hydrogen) atoms. The summed E-state index contributed by atoms with van der Waals surface area (Å²) in [6.45, 7) is 5.77. The molecule has 0 unspecified atom stereocenters. The van der Waals surface area contributed by atoms with Gasteiger partial charge in [0, 0.05) is 58.1 Å². The van der Waals surface area contributed by atoms with Crippen molar-refractivity contribution in [2.24, 2.45) is 0 Å². The molecule has 0 atom stereocenters. The Hall–Kier alpha value is -2.82. The maximum absolute atomic E-state index is 12.6. The largest absolute Gasteiger partial charge is 0.395 e. The van der Waals surface area contributed by atoms with Gasteiger partial charge in [-0.25, -0.2) is 0 Å². The van der Waals surface area contributed by atoms with Crippen LogP contribution in [0.15, 0.2) is 30.0 Å². The number of amides is 1. The van der Waals surface area contributed by atoms with Gasteiger partial charge in [-0.15, -0.1) is 0 Å². The van der Waals surface area contributed by atoms with Gasteiger partial charge in [-0.05, 0) is 6.07 Å². The topological polar surface area (TPSA) is 128 Å². The van der Waals surface area contributed by atoms with Gasteiger partial charge in [0.1, 0.15) is 11.3 Å². The second-order valence-corrected chi connectivity index (χ2v) is 6.66. The lowest BCUT2D eigenvalue weighted by Crippen LogP contribution is -2.48. The minimum Gasteiger partial charge on any atom is -0.395 e. The van der Waals surface area contributed by atoms with E-state index < -0.39 is 16.6 Å². The zero-order valence-corrected chi connectivity index (χ0v) is 15.4. The number of nitro groups is 1. The first-order valence-electron chi connectivity index (χ1n) is 9.14. The summed E-state index contributed by atoms with van der Waals surface area (Å²) >= 11 is 0. The maximum Gasteiger partial charge on any atom is 0.293 e. The van der Waals surface area contributed by atoms with Crippen molar-refractivity contribution in [1.29, 1.82) is 0 Å². The number of aliphatic hydroxyl groups is 1. The van der Waals surface area contributed by atoms with E-state index in [1.807, 2.05) is 0 Å². The number of β-amino-alcohol motifs (C(OH)–C–C–N with tert-alkyl or cyclic N) is 1. The molecule has 3 rings (SSSR count). The van der Waals surface area contributed by atoms with Crippen molar-refractivity contribution in [2.45, 2.75) is 0 Å². The Kier molecular flexibility index (Phi) is 6.34. The number of carbonyl (C=O) groups excluding carboxylic acids is 2. The van der Waals surface area contributed by atoms with Crippen LogP contribution in [0.5, 0.6) is 0 Å². The number of piperazine rings is 1. The third kappa shape index (κ3) is 4.35. The smallest absolute Gasteiger partial charge is 0.293 e. The Bertz CT molecular complexity index is 802. The Morgan fingerprint density at radius 1 is 1.18 bits per heavy atom. The van der Waals surface area contributed by atoms with Crippen LogP contribution in [0.2, 0.25) is 0 Å². The summed E-state index contributed by atoms with van der Waals surface area (Å²) in [5.41, 5.74) is -0.311. The molecule has 1 fully saturated rings. The quantitative estimate of drug-likeness (QED) is 0.193. The highest BCUT2D eigenvalue weighted by Gasteiger charge is 2.33. The molecule has 2 aliphatic rings. The molecule has 0 radical (unpaired) electrons. The van der Waals surface area contributed by atoms with Crippen molar-refractivity contribution in [2.75, 3.05) is 57.7 Å². The molecule has 0 aromatic heterocycles. The monoisotopic (exact) mass is 389 g/mol. The van der Waals surface area contributed by atoms with Crippen LogP contribution in [0.25, 0.3) is 0 Å². The van der Waals surface area contributed by atoms with E-state index in [9.17, 15) is 19.7 Å². The normalized spacial score (nSPS) is 19.4. The third-order valence-electron chi connectivity index (χ3n) is 4.91. The van der Waals surface area contributed by atoms with Crippen molar-refractivity contribution < 1.29 is 19.6 Å². The summed E-state index contributed by atoms with van der Waals surface area (Å²) < 4.78 is 0. The molecule has 1 aromatic rings. The number of hydrogen-bond acceptors (Lipinski definition) is 8. The van der Waals surface area contributed by atoms with E-state index in [4.69, 9.17) is 5.11 Å². The number of hydrogen-bond donors (Lipinski definition) is 3. The third-order valence-corrected chi connectivity index (χ3v) is 4.91. The number of ketones is 1. The van der Waals surface area contributed by atoms with Gasteiger partial charge in [0.25, 0.3) is 11.6 Å². The fourth-order valence-corrected chi connectivity index (χ4v) is 3.35. The molecule has 0 saturated carbocycles. The molecule has 10 nitrogen and oxygen atoms in total. The van der Waals surface area contributed by atoms with Gasteiger partial charge in [0.2, 0.25) is 5.78 Å². The number of anilines is 1. The van der Waals surface area contributed by atoms with E-state index in [0.29, 0.717) is 13.1 Å². The molecule has 1 amide bonds. The Balaban J connectivity index is 1.57. The lowest BCUT2D eigenvalue weighted by atomic mass is 9.96. The van der Waals surface area contributed by atoms with Crippen LogP contribution >= 0.6 is 0 Å². The first-order chi connectivity index (χ1) is 13.5. The van der Waals surface area contributed by atoms with E-state index in [1.54, 1.807) is 0 Å². The van der Waals surface area contributed by atoms with Crippen LogP contribution in [0.1, 0.15) is 10.4 Å². The molecule has 0 bridgehead atoms. The van der Waals surface area contributed by atoms with Gasteiger partial charge in [-0.3, -0.25) is 29.5 Å². The Morgan fingerprint density at radius 2 is 1.86 bits per heavy atom. The van der Waals surface area contributed by atoms with Crippen LogP contribution in [-0.2, 0) is 4.79 Å². The van der Waals surface area contributed by atoms with E-state index in [1.165, 1.54) is 24.4 Å². The van der Waals surface area contributed by atoms with Crippen molar-refractivity contribution in [3.05, 3.63) is 45.6 Å². The summed E-state index contributed by atoms with van der Waals surface area (Å²) in [7, 11) is 0. The number of nitro benzene ring substituents is 1. The molecule has 10 heteroatoms. The molecule has 0 spiro atoms. The summed E-state index contributed by atoms with van der Waals surface area (Å²) in [4.78, 5) is 39.7. The zero-order chi connectivity index (χ0) is 20.1. The van der Waals surface area contributed by atoms with Gasteiger partial charge in [0.05, 0.1) is 17.1 Å². The van der Waals surface area contributed by atoms with Gasteiger partial charge in [0.15, 0.2) is 0 Å². The maximum atomic E-state index is 12.6. The fourth-order valence-electron chi connectivity index (χ4n) is 3.35. The van der Waals surface area contributed by atoms with Crippen molar-refractivity contribution in [3.8, 4) is 0 Å². The van der Waals surface area contributed by atoms with Crippen molar-refractivity contribution in [3.63, 3.8) is 0 Å². The predicted octanol–water partition coefficient (Wildman–Crippen LogP) is -0.187. The standard InChI is InChI=1S/C18H23N5O5/c24-11-10-22-8-6-21(7-9-22)5-4-19-12-14-17(25)13-2-1-3-15(23(27)28)16(13)20-18(14)26/h1-3,12,19,24H,4-11H2,(H,20,26)/b14-12+. The summed E-state index contributed by atoms with van der Waals surface area (Å²) in [5.74, 6) is -1.19. The Morgan fingerprint density at radius 3 is 2.50 bits per heavy atom. The molecule has 2 heterocycles. The van der Waals surface area contributed by atoms with Gasteiger partial charge >= 0.3 is 0 Å². The molecule has 1 saturated heterocycles. The van der Waals surface area contributed by atoms with Crippen LogP contribution in [0.4, 0.5) is 11.4 Å². The second-order valence-electron chi connectivity index (χ2n) is 6.66. The number of para-hydroxylation sites is 1. The van der Waals surface area contributed by atoms with E-state index in [-0.39, 0.29) is 29.1 Å². The number of Topliss-reactive ketones (excluding diaryl/α,β-unsaturated/α-hetero) is 1. The molecule has 2 aliphatic heterocycles. The molecule has 1 aromatic carbocycles. The summed E-state index contributed by atoms with van der Waals surface area (Å²) in [6.07, 6.45) is 1.38. The minimum atomic E-state index is -0.656.